The highest BCUT2D eigenvalue weighted by molar-refractivity contribution is 5.82. The summed E-state index contributed by atoms with van der Waals surface area (Å²) in [7, 11) is 1.50. The van der Waals surface area contributed by atoms with Crippen molar-refractivity contribution in [3.05, 3.63) is 101 Å². The highest BCUT2D eigenvalue weighted by Gasteiger charge is 2.35. The normalized spacial score (nSPS) is 18.0. The van der Waals surface area contributed by atoms with E-state index >= 15 is 4.39 Å². The number of nitrogens with zero attached hydrogens (tertiary/aromatic N) is 2. The van der Waals surface area contributed by atoms with E-state index in [4.69, 9.17) is 14.2 Å². The molecule has 1 aromatic heterocycles. The standard InChI is InChI=1S/C33H38F2N2O5/c1-33(2,3)42-32(39)37-20-27(41-21-31(37)40-4)14-15-28-24(18-36-19-30(28)35)16-26(38)17-29(22-8-6-5-7-9-22)23-10-12-25(34)13-11-23/h5-13,18-19,27,29,31H,14-17,20-21H2,1-4H3/t27-,29-,31?/m1/s1. The van der Waals surface area contributed by atoms with Gasteiger partial charge in [-0.1, -0.05) is 42.5 Å². The SMILES string of the molecule is COC1CO[C@H](CCc2c(F)cncc2CC(=O)C[C@H](c2ccccc2)c2ccc(F)cc2)CN1C(=O)OC(C)(C)C. The average molecular weight is 581 g/mol. The number of hydrogen-bond acceptors (Lipinski definition) is 6. The molecule has 0 N–H and O–H groups in total. The molecule has 2 heterocycles. The molecule has 1 aliphatic heterocycles. The van der Waals surface area contributed by atoms with Crippen molar-refractivity contribution in [2.45, 2.75) is 70.3 Å². The fourth-order valence-corrected chi connectivity index (χ4v) is 5.14. The maximum absolute atomic E-state index is 15.0. The van der Waals surface area contributed by atoms with Gasteiger partial charge in [-0.05, 0) is 68.0 Å². The predicted molar refractivity (Wildman–Crippen MR) is 154 cm³/mol. The summed E-state index contributed by atoms with van der Waals surface area (Å²) < 4.78 is 45.5. The third-order valence-electron chi connectivity index (χ3n) is 7.23. The topological polar surface area (TPSA) is 78.0 Å². The molecule has 3 aromatic rings. The number of benzene rings is 2. The minimum Gasteiger partial charge on any atom is -0.444 e. The van der Waals surface area contributed by atoms with Crippen molar-refractivity contribution in [2.24, 2.45) is 0 Å². The van der Waals surface area contributed by atoms with E-state index in [0.29, 0.717) is 24.0 Å². The van der Waals surface area contributed by atoms with Crippen molar-refractivity contribution < 1.29 is 32.6 Å². The van der Waals surface area contributed by atoms with Crippen LogP contribution in [0.3, 0.4) is 0 Å². The summed E-state index contributed by atoms with van der Waals surface area (Å²) in [5.74, 6) is -1.20. The number of methoxy groups -OCH3 is 1. The van der Waals surface area contributed by atoms with Gasteiger partial charge in [-0.3, -0.25) is 14.7 Å². The van der Waals surface area contributed by atoms with E-state index in [-0.39, 0.29) is 49.6 Å². The van der Waals surface area contributed by atoms with Gasteiger partial charge in [0.1, 0.15) is 23.0 Å². The highest BCUT2D eigenvalue weighted by atomic mass is 19.1. The zero-order valence-electron chi connectivity index (χ0n) is 24.5. The first-order valence-corrected chi connectivity index (χ1v) is 14.1. The summed E-state index contributed by atoms with van der Waals surface area (Å²) in [5, 5.41) is 0. The zero-order valence-corrected chi connectivity index (χ0v) is 24.5. The number of aromatic nitrogens is 1. The van der Waals surface area contributed by atoms with Gasteiger partial charge in [-0.2, -0.15) is 0 Å². The Morgan fingerprint density at radius 2 is 1.74 bits per heavy atom. The summed E-state index contributed by atoms with van der Waals surface area (Å²) in [6, 6.07) is 15.7. The molecule has 2 aromatic carbocycles. The van der Waals surface area contributed by atoms with Crippen LogP contribution in [0, 0.1) is 11.6 Å². The minimum atomic E-state index is -0.666. The number of morpholine rings is 1. The first-order valence-electron chi connectivity index (χ1n) is 14.1. The summed E-state index contributed by atoms with van der Waals surface area (Å²) in [4.78, 5) is 31.7. The number of carbonyl (C=O) groups is 2. The predicted octanol–water partition coefficient (Wildman–Crippen LogP) is 6.23. The number of halogens is 2. The highest BCUT2D eigenvalue weighted by Crippen LogP contribution is 2.30. The van der Waals surface area contributed by atoms with E-state index in [9.17, 15) is 14.0 Å². The van der Waals surface area contributed by atoms with Gasteiger partial charge in [-0.15, -0.1) is 0 Å². The summed E-state index contributed by atoms with van der Waals surface area (Å²) in [6.07, 6.45) is 2.10. The molecule has 3 atom stereocenters. The molecule has 0 saturated carbocycles. The number of Topliss-reactive ketones (excluding diaryl/α,β-unsaturated/α-hetero) is 1. The van der Waals surface area contributed by atoms with Gasteiger partial charge in [-0.25, -0.2) is 13.6 Å². The van der Waals surface area contributed by atoms with Gasteiger partial charge in [0.05, 0.1) is 25.5 Å². The molecule has 224 valence electrons. The molecule has 1 saturated heterocycles. The van der Waals surface area contributed by atoms with Gasteiger partial charge >= 0.3 is 6.09 Å². The van der Waals surface area contributed by atoms with E-state index in [0.717, 1.165) is 17.3 Å². The molecule has 0 spiro atoms. The number of carbonyl (C=O) groups excluding carboxylic acids is 2. The van der Waals surface area contributed by atoms with E-state index in [2.05, 4.69) is 4.98 Å². The van der Waals surface area contributed by atoms with Gasteiger partial charge in [0.2, 0.25) is 0 Å². The third-order valence-corrected chi connectivity index (χ3v) is 7.23. The lowest BCUT2D eigenvalue weighted by atomic mass is 9.85. The zero-order chi connectivity index (χ0) is 30.3. The van der Waals surface area contributed by atoms with Crippen LogP contribution in [0.5, 0.6) is 0 Å². The molecular formula is C33H38F2N2O5. The number of pyridine rings is 1. The van der Waals surface area contributed by atoms with Crippen LogP contribution >= 0.6 is 0 Å². The lowest BCUT2D eigenvalue weighted by Gasteiger charge is -2.39. The molecule has 0 bridgehead atoms. The van der Waals surface area contributed by atoms with Crippen molar-refractivity contribution in [3.63, 3.8) is 0 Å². The van der Waals surface area contributed by atoms with Crippen LogP contribution in [-0.2, 0) is 31.8 Å². The molecule has 4 rings (SSSR count). The second-order valence-electron chi connectivity index (χ2n) is 11.5. The second-order valence-corrected chi connectivity index (χ2v) is 11.5. The Bertz CT molecular complexity index is 1340. The van der Waals surface area contributed by atoms with Gasteiger partial charge in [0, 0.05) is 32.1 Å². The smallest absolute Gasteiger partial charge is 0.412 e. The molecule has 42 heavy (non-hydrogen) atoms. The van der Waals surface area contributed by atoms with Crippen molar-refractivity contribution in [2.75, 3.05) is 20.3 Å². The van der Waals surface area contributed by atoms with Crippen LogP contribution < -0.4 is 0 Å². The number of ether oxygens (including phenoxy) is 3. The van der Waals surface area contributed by atoms with Crippen LogP contribution in [-0.4, -0.2) is 60.0 Å². The molecule has 1 fully saturated rings. The number of hydrogen-bond donors (Lipinski definition) is 0. The van der Waals surface area contributed by atoms with E-state index in [1.807, 2.05) is 30.3 Å². The second kappa shape index (κ2) is 14.0. The van der Waals surface area contributed by atoms with Crippen LogP contribution in [0.15, 0.2) is 67.0 Å². The Kier molecular flexibility index (Phi) is 10.4. The van der Waals surface area contributed by atoms with Crippen LogP contribution in [0.4, 0.5) is 13.6 Å². The molecule has 9 heteroatoms. The lowest BCUT2D eigenvalue weighted by Crippen LogP contribution is -2.54. The number of rotatable bonds is 10. The monoisotopic (exact) mass is 580 g/mol. The third kappa shape index (κ3) is 8.42. The van der Waals surface area contributed by atoms with Crippen molar-refractivity contribution >= 4 is 11.9 Å². The Labute approximate surface area is 245 Å². The first-order chi connectivity index (χ1) is 20.0. The van der Waals surface area contributed by atoms with Crippen LogP contribution in [0.2, 0.25) is 0 Å². The molecular weight excluding hydrogens is 542 g/mol. The molecule has 7 nitrogen and oxygen atoms in total. The fourth-order valence-electron chi connectivity index (χ4n) is 5.14. The lowest BCUT2D eigenvalue weighted by molar-refractivity contribution is -0.149. The molecule has 1 amide bonds. The molecule has 0 aliphatic carbocycles. The van der Waals surface area contributed by atoms with E-state index in [1.54, 1.807) is 32.9 Å². The Morgan fingerprint density at radius 3 is 2.40 bits per heavy atom. The van der Waals surface area contributed by atoms with Gasteiger partial charge in [0.25, 0.3) is 0 Å². The van der Waals surface area contributed by atoms with E-state index < -0.39 is 23.7 Å². The van der Waals surface area contributed by atoms with Crippen molar-refractivity contribution in [3.8, 4) is 0 Å². The van der Waals surface area contributed by atoms with Crippen LogP contribution in [0.25, 0.3) is 0 Å². The average Bonchev–Trinajstić information content (AvgIpc) is 2.95. The minimum absolute atomic E-state index is 0.00588. The summed E-state index contributed by atoms with van der Waals surface area (Å²) in [5.41, 5.74) is 2.01. The summed E-state index contributed by atoms with van der Waals surface area (Å²) in [6.45, 7) is 5.77. The van der Waals surface area contributed by atoms with Gasteiger partial charge < -0.3 is 14.2 Å². The number of ketones is 1. The molecule has 0 radical (unpaired) electrons. The van der Waals surface area contributed by atoms with Crippen molar-refractivity contribution in [1.82, 2.24) is 9.88 Å². The molecule has 1 unspecified atom stereocenters. The van der Waals surface area contributed by atoms with Crippen LogP contribution in [0.1, 0.15) is 61.8 Å². The number of amides is 1. The van der Waals surface area contributed by atoms with Gasteiger partial charge in [0.15, 0.2) is 6.23 Å². The summed E-state index contributed by atoms with van der Waals surface area (Å²) >= 11 is 0. The Hall–Kier alpha value is -3.69. The Balaban J connectivity index is 1.45. The first kappa shape index (κ1) is 31.3. The van der Waals surface area contributed by atoms with Crippen molar-refractivity contribution in [1.29, 1.82) is 0 Å². The largest absolute Gasteiger partial charge is 0.444 e. The maximum atomic E-state index is 15.0. The quantitative estimate of drug-likeness (QED) is 0.283. The maximum Gasteiger partial charge on any atom is 0.412 e. The molecule has 1 aliphatic rings. The fraction of sp³-hybridized carbons (Fsp3) is 0.424. The Morgan fingerprint density at radius 1 is 1.05 bits per heavy atom. The van der Waals surface area contributed by atoms with E-state index in [1.165, 1.54) is 30.3 Å².